The van der Waals surface area contributed by atoms with Crippen LogP contribution < -0.4 is 5.32 Å². The average Bonchev–Trinajstić information content (AvgIpc) is 2.76. The van der Waals surface area contributed by atoms with E-state index < -0.39 is 27.4 Å². The van der Waals surface area contributed by atoms with Crippen LogP contribution in [0.2, 0.25) is 5.02 Å². The van der Waals surface area contributed by atoms with Crippen molar-refractivity contribution in [2.45, 2.75) is 18.4 Å². The third-order valence-electron chi connectivity index (χ3n) is 4.85. The monoisotopic (exact) mass is 551 g/mol. The fourth-order valence-corrected chi connectivity index (χ4v) is 4.94. The third kappa shape index (κ3) is 5.97. The van der Waals surface area contributed by atoms with Gasteiger partial charge in [0, 0.05) is 22.1 Å². The summed E-state index contributed by atoms with van der Waals surface area (Å²) in [5, 5.41) is 14.1. The molecule has 8 nitrogen and oxygen atoms in total. The normalized spacial score (nSPS) is 11.4. The Labute approximate surface area is 204 Å². The van der Waals surface area contributed by atoms with Crippen molar-refractivity contribution < 1.29 is 18.1 Å². The van der Waals surface area contributed by atoms with Crippen LogP contribution in [0.3, 0.4) is 0 Å². The van der Waals surface area contributed by atoms with Crippen LogP contribution in [0.4, 0.5) is 11.4 Å². The molecule has 0 fully saturated rings. The quantitative estimate of drug-likeness (QED) is 0.307. The van der Waals surface area contributed by atoms with Crippen LogP contribution in [-0.4, -0.2) is 30.1 Å². The zero-order chi connectivity index (χ0) is 24.2. The van der Waals surface area contributed by atoms with Crippen molar-refractivity contribution in [3.63, 3.8) is 0 Å². The lowest BCUT2D eigenvalue weighted by molar-refractivity contribution is -0.385. The van der Waals surface area contributed by atoms with Crippen LogP contribution in [0.1, 0.15) is 11.1 Å². The van der Waals surface area contributed by atoms with Crippen molar-refractivity contribution in [2.75, 3.05) is 11.9 Å². The highest BCUT2D eigenvalue weighted by atomic mass is 79.9. The molecule has 3 aromatic rings. The Balaban J connectivity index is 1.92. The highest BCUT2D eigenvalue weighted by Crippen LogP contribution is 2.26. The lowest BCUT2D eigenvalue weighted by atomic mass is 10.1. The number of hydrogen-bond acceptors (Lipinski definition) is 5. The van der Waals surface area contributed by atoms with Crippen LogP contribution in [0, 0.1) is 17.0 Å². The van der Waals surface area contributed by atoms with E-state index in [1.807, 2.05) is 0 Å². The van der Waals surface area contributed by atoms with Crippen molar-refractivity contribution in [3.05, 3.63) is 97.5 Å². The topological polar surface area (TPSA) is 110 Å². The second-order valence-corrected chi connectivity index (χ2v) is 10.3. The van der Waals surface area contributed by atoms with E-state index in [-0.39, 0.29) is 28.4 Å². The summed E-state index contributed by atoms with van der Waals surface area (Å²) < 4.78 is 28.4. The van der Waals surface area contributed by atoms with Crippen molar-refractivity contribution in [1.82, 2.24) is 4.31 Å². The van der Waals surface area contributed by atoms with E-state index in [1.54, 1.807) is 36.4 Å². The fourth-order valence-electron chi connectivity index (χ4n) is 3.10. The van der Waals surface area contributed by atoms with E-state index in [0.717, 1.165) is 4.31 Å². The largest absolute Gasteiger partial charge is 0.324 e. The molecule has 0 aromatic heterocycles. The number of carbonyl (C=O) groups is 1. The minimum atomic E-state index is -4.07. The van der Waals surface area contributed by atoms with E-state index in [9.17, 15) is 23.3 Å². The Morgan fingerprint density at radius 1 is 1.09 bits per heavy atom. The zero-order valence-corrected chi connectivity index (χ0v) is 20.5. The Kier molecular flexibility index (Phi) is 7.85. The first-order valence-corrected chi connectivity index (χ1v) is 12.2. The maximum Gasteiger partial charge on any atom is 0.274 e. The van der Waals surface area contributed by atoms with E-state index >= 15 is 0 Å². The van der Waals surface area contributed by atoms with Crippen molar-refractivity contribution in [3.8, 4) is 0 Å². The van der Waals surface area contributed by atoms with Gasteiger partial charge in [-0.1, -0.05) is 51.8 Å². The van der Waals surface area contributed by atoms with Crippen LogP contribution in [0.25, 0.3) is 0 Å². The minimum absolute atomic E-state index is 0.0112. The number of hydrogen-bond donors (Lipinski definition) is 1. The predicted octanol–water partition coefficient (Wildman–Crippen LogP) is 5.15. The van der Waals surface area contributed by atoms with Crippen molar-refractivity contribution in [1.29, 1.82) is 0 Å². The van der Waals surface area contributed by atoms with Gasteiger partial charge in [0.25, 0.3) is 5.69 Å². The van der Waals surface area contributed by atoms with Gasteiger partial charge in [0.1, 0.15) is 0 Å². The van der Waals surface area contributed by atoms with Gasteiger partial charge < -0.3 is 5.32 Å². The molecule has 0 spiro atoms. The molecule has 3 rings (SSSR count). The summed E-state index contributed by atoms with van der Waals surface area (Å²) in [7, 11) is -4.07. The highest BCUT2D eigenvalue weighted by Gasteiger charge is 2.28. The standard InChI is InChI=1S/C22H19BrClN3O5S/c1-15-20(7-4-8-21(15)27(29)30)25-22(28)14-26(13-16-5-2-3-6-19(16)24)33(31,32)18-11-9-17(23)10-12-18/h2-12H,13-14H2,1H3,(H,25,28). The number of anilines is 1. The maximum absolute atomic E-state index is 13.4. The molecule has 0 heterocycles. The Morgan fingerprint density at radius 2 is 1.76 bits per heavy atom. The Bertz CT molecular complexity index is 1300. The van der Waals surface area contributed by atoms with Gasteiger partial charge in [-0.2, -0.15) is 4.31 Å². The molecule has 0 aliphatic carbocycles. The summed E-state index contributed by atoms with van der Waals surface area (Å²) in [5.41, 5.74) is 0.875. The first kappa shape index (κ1) is 24.8. The molecule has 1 N–H and O–H groups in total. The van der Waals surface area contributed by atoms with Gasteiger partial charge in [0.2, 0.25) is 15.9 Å². The number of rotatable bonds is 8. The van der Waals surface area contributed by atoms with E-state index in [2.05, 4.69) is 21.2 Å². The SMILES string of the molecule is Cc1c(NC(=O)CN(Cc2ccccc2Cl)S(=O)(=O)c2ccc(Br)cc2)cccc1[N+](=O)[O-]. The molecule has 0 atom stereocenters. The molecule has 0 unspecified atom stereocenters. The van der Waals surface area contributed by atoms with E-state index in [1.165, 1.54) is 37.3 Å². The molecule has 0 bridgehead atoms. The fraction of sp³-hybridized carbons (Fsp3) is 0.136. The van der Waals surface area contributed by atoms with Crippen LogP contribution in [-0.2, 0) is 21.4 Å². The summed E-state index contributed by atoms with van der Waals surface area (Å²) in [6, 6.07) is 17.1. The van der Waals surface area contributed by atoms with E-state index in [4.69, 9.17) is 11.6 Å². The van der Waals surface area contributed by atoms with Gasteiger partial charge in [-0.15, -0.1) is 0 Å². The number of carbonyl (C=O) groups excluding carboxylic acids is 1. The van der Waals surface area contributed by atoms with Gasteiger partial charge in [-0.25, -0.2) is 8.42 Å². The smallest absolute Gasteiger partial charge is 0.274 e. The van der Waals surface area contributed by atoms with Gasteiger partial charge in [0.15, 0.2) is 0 Å². The molecule has 0 aliphatic rings. The average molecular weight is 553 g/mol. The summed E-state index contributed by atoms with van der Waals surface area (Å²) in [5.74, 6) is -0.647. The summed E-state index contributed by atoms with van der Waals surface area (Å²) >= 11 is 9.50. The molecular formula is C22H19BrClN3O5S. The molecule has 172 valence electrons. The van der Waals surface area contributed by atoms with Crippen molar-refractivity contribution in [2.24, 2.45) is 0 Å². The Hall–Kier alpha value is -2.79. The molecule has 33 heavy (non-hydrogen) atoms. The van der Waals surface area contributed by atoms with Gasteiger partial charge in [-0.3, -0.25) is 14.9 Å². The van der Waals surface area contributed by atoms with Gasteiger partial charge in [-0.05, 0) is 48.9 Å². The predicted molar refractivity (Wildman–Crippen MR) is 130 cm³/mol. The lowest BCUT2D eigenvalue weighted by Gasteiger charge is -2.23. The minimum Gasteiger partial charge on any atom is -0.324 e. The first-order chi connectivity index (χ1) is 15.6. The third-order valence-corrected chi connectivity index (χ3v) is 7.56. The second-order valence-electron chi connectivity index (χ2n) is 7.07. The first-order valence-electron chi connectivity index (χ1n) is 9.62. The molecule has 1 amide bonds. The molecule has 11 heteroatoms. The zero-order valence-electron chi connectivity index (χ0n) is 17.4. The van der Waals surface area contributed by atoms with Crippen molar-refractivity contribution >= 4 is 54.8 Å². The second kappa shape index (κ2) is 10.4. The van der Waals surface area contributed by atoms with Crippen LogP contribution in [0.5, 0.6) is 0 Å². The van der Waals surface area contributed by atoms with E-state index in [0.29, 0.717) is 15.1 Å². The van der Waals surface area contributed by atoms with Gasteiger partial charge >= 0.3 is 0 Å². The number of amides is 1. The summed E-state index contributed by atoms with van der Waals surface area (Å²) in [6.45, 7) is 0.846. The maximum atomic E-state index is 13.4. The number of sulfonamides is 1. The molecule has 0 aliphatic heterocycles. The summed E-state index contributed by atoms with van der Waals surface area (Å²) in [6.07, 6.45) is 0. The molecular weight excluding hydrogens is 534 g/mol. The highest BCUT2D eigenvalue weighted by molar-refractivity contribution is 9.10. The number of halogens is 2. The molecule has 3 aromatic carbocycles. The summed E-state index contributed by atoms with van der Waals surface area (Å²) in [4.78, 5) is 23.5. The Morgan fingerprint density at radius 3 is 2.39 bits per heavy atom. The van der Waals surface area contributed by atoms with Crippen LogP contribution >= 0.6 is 27.5 Å². The molecule has 0 saturated carbocycles. The number of nitro benzene ring substituents is 1. The number of nitrogens with one attached hydrogen (secondary N) is 1. The number of nitro groups is 1. The lowest BCUT2D eigenvalue weighted by Crippen LogP contribution is -2.37. The van der Waals surface area contributed by atoms with Gasteiger partial charge in [0.05, 0.1) is 27.6 Å². The van der Waals surface area contributed by atoms with Crippen LogP contribution in [0.15, 0.2) is 76.1 Å². The molecule has 0 radical (unpaired) electrons. The number of benzene rings is 3. The molecule has 0 saturated heterocycles. The number of nitrogens with zero attached hydrogens (tertiary/aromatic N) is 2.